The predicted octanol–water partition coefficient (Wildman–Crippen LogP) is 0.753. The van der Waals surface area contributed by atoms with Crippen LogP contribution in [-0.4, -0.2) is 19.1 Å². The van der Waals surface area contributed by atoms with Gasteiger partial charge in [-0.25, -0.2) is 4.79 Å². The van der Waals surface area contributed by atoms with E-state index in [1.807, 2.05) is 31.2 Å². The lowest BCUT2D eigenvalue weighted by atomic mass is 10.1. The summed E-state index contributed by atoms with van der Waals surface area (Å²) in [6.07, 6.45) is 0. The summed E-state index contributed by atoms with van der Waals surface area (Å²) in [6, 6.07) is 7.85. The first-order valence-electron chi connectivity index (χ1n) is 4.99. The number of urea groups is 1. The van der Waals surface area contributed by atoms with Crippen molar-refractivity contribution in [3.63, 3.8) is 0 Å². The zero-order valence-electron chi connectivity index (χ0n) is 8.92. The Hall–Kier alpha value is -1.55. The smallest absolute Gasteiger partial charge is 0.315 e. The highest BCUT2D eigenvalue weighted by Crippen LogP contribution is 2.02. The van der Waals surface area contributed by atoms with Gasteiger partial charge in [-0.2, -0.15) is 0 Å². The largest absolute Gasteiger partial charge is 0.337 e. The molecule has 0 fully saturated rings. The number of nitrogens with one attached hydrogen (secondary N) is 2. The second kappa shape index (κ2) is 6.03. The molecule has 0 aliphatic heterocycles. The third-order valence-corrected chi connectivity index (χ3v) is 1.97. The van der Waals surface area contributed by atoms with Gasteiger partial charge in [0.05, 0.1) is 0 Å². The Morgan fingerprint density at radius 3 is 2.87 bits per heavy atom. The quantitative estimate of drug-likeness (QED) is 0.682. The summed E-state index contributed by atoms with van der Waals surface area (Å²) in [6.45, 7) is 3.52. The topological polar surface area (TPSA) is 67.2 Å². The van der Waals surface area contributed by atoms with E-state index < -0.39 is 0 Å². The van der Waals surface area contributed by atoms with Crippen LogP contribution < -0.4 is 16.4 Å². The minimum atomic E-state index is -0.179. The minimum Gasteiger partial charge on any atom is -0.337 e. The molecule has 82 valence electrons. The highest BCUT2D eigenvalue weighted by molar-refractivity contribution is 5.73. The second-order valence-corrected chi connectivity index (χ2v) is 3.39. The molecule has 0 saturated carbocycles. The molecule has 0 aromatic heterocycles. The number of hydrogen-bond acceptors (Lipinski definition) is 2. The van der Waals surface area contributed by atoms with E-state index in [2.05, 4.69) is 10.6 Å². The third-order valence-electron chi connectivity index (χ3n) is 1.97. The molecule has 2 amide bonds. The molecule has 4 heteroatoms. The monoisotopic (exact) mass is 207 g/mol. The molecule has 4 nitrogen and oxygen atoms in total. The molecule has 0 radical (unpaired) electrons. The lowest BCUT2D eigenvalue weighted by molar-refractivity contribution is 0.241. The van der Waals surface area contributed by atoms with Crippen molar-refractivity contribution < 1.29 is 4.79 Å². The van der Waals surface area contributed by atoms with Crippen LogP contribution >= 0.6 is 0 Å². The van der Waals surface area contributed by atoms with E-state index >= 15 is 0 Å². The Bertz CT molecular complexity index is 325. The lowest BCUT2D eigenvalue weighted by Gasteiger charge is -2.06. The van der Waals surface area contributed by atoms with Crippen LogP contribution in [0.5, 0.6) is 0 Å². The molecule has 15 heavy (non-hydrogen) atoms. The molecule has 0 atom stereocenters. The van der Waals surface area contributed by atoms with E-state index in [1.165, 1.54) is 5.56 Å². The predicted molar refractivity (Wildman–Crippen MR) is 60.5 cm³/mol. The molecule has 1 rings (SSSR count). The van der Waals surface area contributed by atoms with Gasteiger partial charge in [-0.15, -0.1) is 0 Å². The van der Waals surface area contributed by atoms with Gasteiger partial charge in [0.2, 0.25) is 0 Å². The standard InChI is InChI=1S/C11H17N3O/c1-9-3-2-4-10(7-9)8-14-11(15)13-6-5-12/h2-4,7H,5-6,8,12H2,1H3,(H2,13,14,15). The fraction of sp³-hybridized carbons (Fsp3) is 0.364. The first kappa shape index (κ1) is 11.5. The maximum atomic E-state index is 11.2. The van der Waals surface area contributed by atoms with Crippen LogP contribution in [0.1, 0.15) is 11.1 Å². The van der Waals surface area contributed by atoms with Crippen molar-refractivity contribution in [1.82, 2.24) is 10.6 Å². The molecule has 1 aromatic carbocycles. The summed E-state index contributed by atoms with van der Waals surface area (Å²) >= 11 is 0. The summed E-state index contributed by atoms with van der Waals surface area (Å²) < 4.78 is 0. The van der Waals surface area contributed by atoms with Gasteiger partial charge in [-0.1, -0.05) is 29.8 Å². The fourth-order valence-corrected chi connectivity index (χ4v) is 1.25. The molecule has 0 aliphatic carbocycles. The van der Waals surface area contributed by atoms with Crippen molar-refractivity contribution >= 4 is 6.03 Å². The molecule has 1 aromatic rings. The third kappa shape index (κ3) is 4.46. The summed E-state index contributed by atoms with van der Waals surface area (Å²) in [4.78, 5) is 11.2. The summed E-state index contributed by atoms with van der Waals surface area (Å²) in [5.41, 5.74) is 7.55. The van der Waals surface area contributed by atoms with Gasteiger partial charge in [0.15, 0.2) is 0 Å². The van der Waals surface area contributed by atoms with Gasteiger partial charge in [-0.3, -0.25) is 0 Å². The molecule has 0 aliphatic rings. The van der Waals surface area contributed by atoms with Crippen molar-refractivity contribution in [3.8, 4) is 0 Å². The molecule has 0 bridgehead atoms. The van der Waals surface area contributed by atoms with Crippen LogP contribution in [0.3, 0.4) is 0 Å². The minimum absolute atomic E-state index is 0.179. The molecular weight excluding hydrogens is 190 g/mol. The van der Waals surface area contributed by atoms with E-state index in [0.29, 0.717) is 19.6 Å². The van der Waals surface area contributed by atoms with Crippen LogP contribution in [0.25, 0.3) is 0 Å². The second-order valence-electron chi connectivity index (χ2n) is 3.39. The fourth-order valence-electron chi connectivity index (χ4n) is 1.25. The first-order chi connectivity index (χ1) is 7.22. The number of benzene rings is 1. The lowest BCUT2D eigenvalue weighted by Crippen LogP contribution is -2.37. The van der Waals surface area contributed by atoms with E-state index in [9.17, 15) is 4.79 Å². The zero-order chi connectivity index (χ0) is 11.1. The Kier molecular flexibility index (Phi) is 4.63. The average Bonchev–Trinajstić information content (AvgIpc) is 2.23. The molecule has 4 N–H and O–H groups in total. The number of carbonyl (C=O) groups excluding carboxylic acids is 1. The van der Waals surface area contributed by atoms with E-state index in [-0.39, 0.29) is 6.03 Å². The number of amides is 2. The molecule has 0 spiro atoms. The average molecular weight is 207 g/mol. The van der Waals surface area contributed by atoms with Crippen LogP contribution in [0.4, 0.5) is 4.79 Å². The van der Waals surface area contributed by atoms with Crippen LogP contribution in [0.2, 0.25) is 0 Å². The van der Waals surface area contributed by atoms with Crippen LogP contribution in [0, 0.1) is 6.92 Å². The van der Waals surface area contributed by atoms with E-state index in [0.717, 1.165) is 5.56 Å². The van der Waals surface area contributed by atoms with Gasteiger partial charge < -0.3 is 16.4 Å². The van der Waals surface area contributed by atoms with Crippen LogP contribution in [-0.2, 0) is 6.54 Å². The number of hydrogen-bond donors (Lipinski definition) is 3. The van der Waals surface area contributed by atoms with Gasteiger partial charge in [0, 0.05) is 19.6 Å². The number of nitrogens with two attached hydrogens (primary N) is 1. The maximum absolute atomic E-state index is 11.2. The molecular formula is C11H17N3O. The van der Waals surface area contributed by atoms with Crippen molar-refractivity contribution in [1.29, 1.82) is 0 Å². The van der Waals surface area contributed by atoms with Gasteiger partial charge in [-0.05, 0) is 12.5 Å². The summed E-state index contributed by atoms with van der Waals surface area (Å²) in [5.74, 6) is 0. The number of rotatable bonds is 4. The Balaban J connectivity index is 2.33. The zero-order valence-corrected chi connectivity index (χ0v) is 8.92. The van der Waals surface area contributed by atoms with E-state index in [4.69, 9.17) is 5.73 Å². The highest BCUT2D eigenvalue weighted by atomic mass is 16.2. The molecule has 0 heterocycles. The van der Waals surface area contributed by atoms with E-state index in [1.54, 1.807) is 0 Å². The van der Waals surface area contributed by atoms with Crippen molar-refractivity contribution in [2.75, 3.05) is 13.1 Å². The summed E-state index contributed by atoms with van der Waals surface area (Å²) in [5, 5.41) is 5.40. The number of aryl methyl sites for hydroxylation is 1. The van der Waals surface area contributed by atoms with Gasteiger partial charge in [0.25, 0.3) is 0 Å². The Morgan fingerprint density at radius 1 is 1.40 bits per heavy atom. The Morgan fingerprint density at radius 2 is 2.20 bits per heavy atom. The molecule has 0 saturated heterocycles. The SMILES string of the molecule is Cc1cccc(CNC(=O)NCCN)c1. The first-order valence-corrected chi connectivity index (χ1v) is 4.99. The van der Waals surface area contributed by atoms with Gasteiger partial charge >= 0.3 is 6.03 Å². The number of carbonyl (C=O) groups is 1. The van der Waals surface area contributed by atoms with Crippen LogP contribution in [0.15, 0.2) is 24.3 Å². The summed E-state index contributed by atoms with van der Waals surface area (Å²) in [7, 11) is 0. The maximum Gasteiger partial charge on any atom is 0.315 e. The van der Waals surface area contributed by atoms with Crippen molar-refractivity contribution in [3.05, 3.63) is 35.4 Å². The van der Waals surface area contributed by atoms with Crippen molar-refractivity contribution in [2.24, 2.45) is 5.73 Å². The van der Waals surface area contributed by atoms with Gasteiger partial charge in [0.1, 0.15) is 0 Å². The Labute approximate surface area is 89.9 Å². The van der Waals surface area contributed by atoms with Crippen molar-refractivity contribution in [2.45, 2.75) is 13.5 Å². The normalized spacial score (nSPS) is 9.73. The molecule has 0 unspecified atom stereocenters. The highest BCUT2D eigenvalue weighted by Gasteiger charge is 1.98.